The predicted molar refractivity (Wildman–Crippen MR) is 77.9 cm³/mol. The van der Waals surface area contributed by atoms with Gasteiger partial charge in [0.1, 0.15) is 0 Å². The maximum atomic E-state index is 12.6. The number of nitrogens with zero attached hydrogens (tertiary/aromatic N) is 1. The first-order valence-corrected chi connectivity index (χ1v) is 7.94. The molecule has 19 heavy (non-hydrogen) atoms. The molecule has 2 aliphatic rings. The Morgan fingerprint density at radius 2 is 1.89 bits per heavy atom. The largest absolute Gasteiger partial charge is 0.341 e. The molecule has 0 aromatic carbocycles. The fourth-order valence-electron chi connectivity index (χ4n) is 3.40. The molecule has 0 unspecified atom stereocenters. The number of hydrogen-bond acceptors (Lipinski definition) is 3. The van der Waals surface area contributed by atoms with Crippen molar-refractivity contribution in [3.63, 3.8) is 0 Å². The fraction of sp³-hybridized carbons (Fsp3) is 0.933. The van der Waals surface area contributed by atoms with E-state index in [0.717, 1.165) is 70.6 Å². The molecule has 0 atom stereocenters. The van der Waals surface area contributed by atoms with Crippen LogP contribution in [0.25, 0.3) is 0 Å². The molecule has 0 aromatic rings. The zero-order chi connectivity index (χ0) is 13.7. The average Bonchev–Trinajstić information content (AvgIpc) is 2.46. The highest BCUT2D eigenvalue weighted by Gasteiger charge is 2.39. The minimum atomic E-state index is -0.549. The molecule has 4 heteroatoms. The van der Waals surface area contributed by atoms with Crippen LogP contribution in [-0.4, -0.2) is 42.5 Å². The maximum absolute atomic E-state index is 12.6. The van der Waals surface area contributed by atoms with Crippen LogP contribution in [0.15, 0.2) is 0 Å². The van der Waals surface area contributed by atoms with Crippen LogP contribution in [-0.2, 0) is 4.79 Å². The Morgan fingerprint density at radius 1 is 1.26 bits per heavy atom. The van der Waals surface area contributed by atoms with Crippen molar-refractivity contribution in [1.82, 2.24) is 10.2 Å². The van der Waals surface area contributed by atoms with Gasteiger partial charge in [-0.3, -0.25) is 4.79 Å². The molecule has 0 spiro atoms. The van der Waals surface area contributed by atoms with E-state index in [1.54, 1.807) is 0 Å². The lowest BCUT2D eigenvalue weighted by atomic mass is 9.81. The summed E-state index contributed by atoms with van der Waals surface area (Å²) in [6.07, 6.45) is 7.45. The van der Waals surface area contributed by atoms with Crippen molar-refractivity contribution >= 4 is 5.91 Å². The molecule has 2 rings (SSSR count). The van der Waals surface area contributed by atoms with Gasteiger partial charge in [-0.15, -0.1) is 0 Å². The number of amides is 1. The molecule has 0 aromatic heterocycles. The van der Waals surface area contributed by atoms with Gasteiger partial charge in [-0.1, -0.05) is 26.2 Å². The van der Waals surface area contributed by atoms with E-state index < -0.39 is 5.54 Å². The number of carbonyl (C=O) groups excluding carboxylic acids is 1. The maximum Gasteiger partial charge on any atom is 0.242 e. The van der Waals surface area contributed by atoms with Crippen molar-refractivity contribution in [2.24, 2.45) is 11.7 Å². The minimum absolute atomic E-state index is 0.217. The molecule has 4 nitrogen and oxygen atoms in total. The quantitative estimate of drug-likeness (QED) is 0.811. The van der Waals surface area contributed by atoms with Crippen molar-refractivity contribution in [1.29, 1.82) is 0 Å². The summed E-state index contributed by atoms with van der Waals surface area (Å²) in [5, 5.41) is 3.40. The van der Waals surface area contributed by atoms with E-state index in [2.05, 4.69) is 12.2 Å². The number of hydrogen-bond donors (Lipinski definition) is 2. The number of nitrogens with two attached hydrogens (primary N) is 1. The van der Waals surface area contributed by atoms with Gasteiger partial charge in [-0.2, -0.15) is 0 Å². The van der Waals surface area contributed by atoms with Crippen LogP contribution < -0.4 is 11.1 Å². The van der Waals surface area contributed by atoms with Crippen LogP contribution in [0.4, 0.5) is 0 Å². The summed E-state index contributed by atoms with van der Waals surface area (Å²) in [6, 6.07) is 0. The number of rotatable bonds is 4. The Kier molecular flexibility index (Phi) is 5.22. The van der Waals surface area contributed by atoms with Gasteiger partial charge < -0.3 is 16.0 Å². The van der Waals surface area contributed by atoms with E-state index in [0.29, 0.717) is 0 Å². The normalized spacial score (nSPS) is 24.4. The van der Waals surface area contributed by atoms with Gasteiger partial charge in [-0.05, 0) is 44.7 Å². The molecule has 1 amide bonds. The lowest BCUT2D eigenvalue weighted by Gasteiger charge is -2.40. The summed E-state index contributed by atoms with van der Waals surface area (Å²) in [4.78, 5) is 14.6. The molecular formula is C15H29N3O. The monoisotopic (exact) mass is 267 g/mol. The lowest BCUT2D eigenvalue weighted by Crippen LogP contribution is -2.57. The van der Waals surface area contributed by atoms with E-state index in [1.165, 1.54) is 6.42 Å². The Balaban J connectivity index is 1.81. The number of piperidine rings is 1. The molecule has 1 saturated carbocycles. The van der Waals surface area contributed by atoms with Gasteiger partial charge >= 0.3 is 0 Å². The Bertz CT molecular complexity index is 292. The van der Waals surface area contributed by atoms with E-state index >= 15 is 0 Å². The summed E-state index contributed by atoms with van der Waals surface area (Å²) >= 11 is 0. The number of nitrogens with one attached hydrogen (secondary N) is 1. The van der Waals surface area contributed by atoms with Crippen LogP contribution in [0.2, 0.25) is 0 Å². The van der Waals surface area contributed by atoms with Gasteiger partial charge in [0.05, 0.1) is 5.54 Å². The Morgan fingerprint density at radius 3 is 2.47 bits per heavy atom. The van der Waals surface area contributed by atoms with Gasteiger partial charge in [0.15, 0.2) is 0 Å². The van der Waals surface area contributed by atoms with Crippen molar-refractivity contribution in [3.8, 4) is 0 Å². The van der Waals surface area contributed by atoms with Crippen LogP contribution in [0.1, 0.15) is 51.9 Å². The summed E-state index contributed by atoms with van der Waals surface area (Å²) in [7, 11) is 0. The Hall–Kier alpha value is -0.610. The molecule has 110 valence electrons. The number of carbonyl (C=O) groups is 1. The van der Waals surface area contributed by atoms with E-state index in [1.807, 2.05) is 4.90 Å². The van der Waals surface area contributed by atoms with Crippen LogP contribution in [0.3, 0.4) is 0 Å². The van der Waals surface area contributed by atoms with E-state index in [4.69, 9.17) is 5.73 Å². The molecule has 3 N–H and O–H groups in total. The predicted octanol–water partition coefficient (Wildman–Crippen LogP) is 1.50. The molecule has 1 aliphatic heterocycles. The zero-order valence-electron chi connectivity index (χ0n) is 12.3. The second kappa shape index (κ2) is 6.71. The van der Waals surface area contributed by atoms with Crippen molar-refractivity contribution in [2.45, 2.75) is 57.4 Å². The molecule has 1 aliphatic carbocycles. The third-order valence-electron chi connectivity index (χ3n) is 4.76. The molecule has 1 saturated heterocycles. The first kappa shape index (κ1) is 14.8. The van der Waals surface area contributed by atoms with Crippen LogP contribution in [0, 0.1) is 5.92 Å². The molecule has 0 radical (unpaired) electrons. The zero-order valence-corrected chi connectivity index (χ0v) is 12.3. The third-order valence-corrected chi connectivity index (χ3v) is 4.76. The number of likely N-dealkylation sites (tertiary alicyclic amines) is 1. The third kappa shape index (κ3) is 3.69. The van der Waals surface area contributed by atoms with Crippen molar-refractivity contribution in [2.75, 3.05) is 26.2 Å². The first-order valence-electron chi connectivity index (χ1n) is 7.94. The summed E-state index contributed by atoms with van der Waals surface area (Å²) in [5.74, 6) is 0.943. The van der Waals surface area contributed by atoms with E-state index in [-0.39, 0.29) is 5.91 Å². The summed E-state index contributed by atoms with van der Waals surface area (Å²) < 4.78 is 0. The fourth-order valence-corrected chi connectivity index (χ4v) is 3.40. The molecule has 2 fully saturated rings. The molecule has 1 heterocycles. The highest BCUT2D eigenvalue weighted by Crippen LogP contribution is 2.29. The topological polar surface area (TPSA) is 58.4 Å². The van der Waals surface area contributed by atoms with Crippen molar-refractivity contribution < 1.29 is 4.79 Å². The van der Waals surface area contributed by atoms with Gasteiger partial charge in [0.25, 0.3) is 0 Å². The van der Waals surface area contributed by atoms with Gasteiger partial charge in [0.2, 0.25) is 5.91 Å². The molecular weight excluding hydrogens is 238 g/mol. The highest BCUT2D eigenvalue weighted by atomic mass is 16.2. The van der Waals surface area contributed by atoms with E-state index in [9.17, 15) is 4.79 Å². The minimum Gasteiger partial charge on any atom is -0.341 e. The smallest absolute Gasteiger partial charge is 0.242 e. The standard InChI is InChI=1S/C15H29N3O/c1-2-17-12-13-6-10-18(11-7-13)14(19)15(16)8-4-3-5-9-15/h13,17H,2-12,16H2,1H3. The van der Waals surface area contributed by atoms with Gasteiger partial charge in [-0.25, -0.2) is 0 Å². The van der Waals surface area contributed by atoms with Crippen LogP contribution >= 0.6 is 0 Å². The van der Waals surface area contributed by atoms with Gasteiger partial charge in [0, 0.05) is 13.1 Å². The molecule has 0 bridgehead atoms. The highest BCUT2D eigenvalue weighted by molar-refractivity contribution is 5.86. The second-order valence-corrected chi connectivity index (χ2v) is 6.26. The average molecular weight is 267 g/mol. The lowest BCUT2D eigenvalue weighted by molar-refractivity contribution is -0.139. The first-order chi connectivity index (χ1) is 9.15. The summed E-state index contributed by atoms with van der Waals surface area (Å²) in [5.41, 5.74) is 5.80. The Labute approximate surface area is 117 Å². The second-order valence-electron chi connectivity index (χ2n) is 6.26. The SMILES string of the molecule is CCNCC1CCN(C(=O)C2(N)CCCCC2)CC1. The summed E-state index contributed by atoms with van der Waals surface area (Å²) in [6.45, 7) is 6.05. The van der Waals surface area contributed by atoms with Crippen molar-refractivity contribution in [3.05, 3.63) is 0 Å². The van der Waals surface area contributed by atoms with Crippen LogP contribution in [0.5, 0.6) is 0 Å².